The van der Waals surface area contributed by atoms with Crippen LogP contribution in [0.3, 0.4) is 0 Å². The van der Waals surface area contributed by atoms with E-state index in [1.807, 2.05) is 54.6 Å². The van der Waals surface area contributed by atoms with Crippen molar-refractivity contribution in [2.45, 2.75) is 32.9 Å². The smallest absolute Gasteiger partial charge is 0.251 e. The molecule has 0 saturated heterocycles. The first-order chi connectivity index (χ1) is 17.1. The monoisotopic (exact) mass is 465 g/mol. The lowest BCUT2D eigenvalue weighted by atomic mass is 10.0. The fourth-order valence-electron chi connectivity index (χ4n) is 4.91. The van der Waals surface area contributed by atoms with Crippen molar-refractivity contribution in [2.75, 3.05) is 13.1 Å². The maximum atomic E-state index is 13.0. The van der Waals surface area contributed by atoms with Crippen molar-refractivity contribution in [1.29, 1.82) is 0 Å². The zero-order valence-electron chi connectivity index (χ0n) is 20.1. The predicted molar refractivity (Wildman–Crippen MR) is 141 cm³/mol. The number of phenols is 1. The van der Waals surface area contributed by atoms with Crippen molar-refractivity contribution in [3.05, 3.63) is 106 Å². The molecular formula is C30H31N3O2. The molecule has 0 fully saturated rings. The zero-order chi connectivity index (χ0) is 24.2. The average molecular weight is 466 g/mol. The van der Waals surface area contributed by atoms with Crippen LogP contribution in [0.5, 0.6) is 5.75 Å². The molecule has 0 bridgehead atoms. The highest BCUT2D eigenvalue weighted by Gasteiger charge is 2.22. The highest BCUT2D eigenvalue weighted by atomic mass is 16.3. The molecule has 5 nitrogen and oxygen atoms in total. The number of hydrogen-bond acceptors (Lipinski definition) is 3. The summed E-state index contributed by atoms with van der Waals surface area (Å²) in [6.45, 7) is 5.14. The Kier molecular flexibility index (Phi) is 6.68. The van der Waals surface area contributed by atoms with Gasteiger partial charge in [-0.1, -0.05) is 60.2 Å². The number of aromatic nitrogens is 1. The number of amides is 1. The molecule has 0 atom stereocenters. The highest BCUT2D eigenvalue weighted by molar-refractivity contribution is 5.95. The second kappa shape index (κ2) is 10.2. The van der Waals surface area contributed by atoms with E-state index in [0.717, 1.165) is 54.5 Å². The first-order valence-corrected chi connectivity index (χ1v) is 12.2. The van der Waals surface area contributed by atoms with Crippen LogP contribution < -0.4 is 5.32 Å². The van der Waals surface area contributed by atoms with Gasteiger partial charge >= 0.3 is 0 Å². The summed E-state index contributed by atoms with van der Waals surface area (Å²) < 4.78 is 0. The van der Waals surface area contributed by atoms with Crippen LogP contribution in [0, 0.1) is 0 Å². The summed E-state index contributed by atoms with van der Waals surface area (Å²) in [5, 5.41) is 14.1. The summed E-state index contributed by atoms with van der Waals surface area (Å²) in [5.41, 5.74) is 7.74. The van der Waals surface area contributed by atoms with E-state index in [0.29, 0.717) is 12.3 Å². The number of nitrogens with one attached hydrogen (secondary N) is 2. The van der Waals surface area contributed by atoms with E-state index < -0.39 is 0 Å². The SMILES string of the molecule is CC(=Cc1ccccc1)CCNC(=O)c1ccccc1CN1CCc2c([nH]c3ccc(O)cc23)C1. The lowest BCUT2D eigenvalue weighted by Gasteiger charge is -2.27. The van der Waals surface area contributed by atoms with Gasteiger partial charge < -0.3 is 15.4 Å². The van der Waals surface area contributed by atoms with Gasteiger partial charge in [-0.15, -0.1) is 0 Å². The molecular weight excluding hydrogens is 434 g/mol. The number of benzene rings is 3. The van der Waals surface area contributed by atoms with Crippen LogP contribution in [-0.4, -0.2) is 34.0 Å². The molecule has 2 heterocycles. The number of aromatic hydroxyl groups is 1. The standard InChI is InChI=1S/C30H31N3O2/c1-21(17-22-7-3-2-4-8-22)13-15-31-30(35)25-10-6-5-9-23(25)19-33-16-14-26-27-18-24(34)11-12-28(27)32-29(26)20-33/h2-12,17-18,32,34H,13-16,19-20H2,1H3,(H,31,35). The number of H-pyrrole nitrogens is 1. The second-order valence-corrected chi connectivity index (χ2v) is 9.34. The maximum Gasteiger partial charge on any atom is 0.251 e. The third-order valence-electron chi connectivity index (χ3n) is 6.71. The van der Waals surface area contributed by atoms with E-state index in [-0.39, 0.29) is 5.91 Å². The van der Waals surface area contributed by atoms with E-state index in [4.69, 9.17) is 0 Å². The van der Waals surface area contributed by atoms with Gasteiger partial charge in [0.1, 0.15) is 5.75 Å². The first kappa shape index (κ1) is 22.9. The molecule has 5 rings (SSSR count). The normalized spacial score (nSPS) is 14.1. The van der Waals surface area contributed by atoms with Crippen molar-refractivity contribution in [3.63, 3.8) is 0 Å². The number of carbonyl (C=O) groups excluding carboxylic acids is 1. The zero-order valence-corrected chi connectivity index (χ0v) is 20.1. The molecule has 35 heavy (non-hydrogen) atoms. The molecule has 0 saturated carbocycles. The van der Waals surface area contributed by atoms with E-state index in [1.54, 1.807) is 6.07 Å². The molecule has 5 heteroatoms. The molecule has 1 aromatic heterocycles. The van der Waals surface area contributed by atoms with Crippen LogP contribution in [-0.2, 0) is 19.5 Å². The number of nitrogens with zero attached hydrogens (tertiary/aromatic N) is 1. The summed E-state index contributed by atoms with van der Waals surface area (Å²) in [7, 11) is 0. The topological polar surface area (TPSA) is 68.4 Å². The van der Waals surface area contributed by atoms with Crippen LogP contribution in [0.2, 0.25) is 0 Å². The third-order valence-corrected chi connectivity index (χ3v) is 6.71. The average Bonchev–Trinajstić information content (AvgIpc) is 3.22. The van der Waals surface area contributed by atoms with Crippen LogP contribution in [0.15, 0.2) is 78.4 Å². The van der Waals surface area contributed by atoms with Gasteiger partial charge in [-0.05, 0) is 60.7 Å². The van der Waals surface area contributed by atoms with E-state index in [1.165, 1.54) is 22.4 Å². The minimum Gasteiger partial charge on any atom is -0.508 e. The first-order valence-electron chi connectivity index (χ1n) is 12.2. The number of fused-ring (bicyclic) bond motifs is 3. The van der Waals surface area contributed by atoms with Gasteiger partial charge in [0.15, 0.2) is 0 Å². The van der Waals surface area contributed by atoms with Gasteiger partial charge in [-0.3, -0.25) is 9.69 Å². The van der Waals surface area contributed by atoms with Crippen LogP contribution in [0.4, 0.5) is 0 Å². The second-order valence-electron chi connectivity index (χ2n) is 9.34. The van der Waals surface area contributed by atoms with Gasteiger partial charge in [-0.2, -0.15) is 0 Å². The van der Waals surface area contributed by atoms with Gasteiger partial charge in [0.25, 0.3) is 5.91 Å². The van der Waals surface area contributed by atoms with Crippen molar-refractivity contribution in [3.8, 4) is 5.75 Å². The molecule has 0 aliphatic carbocycles. The Bertz CT molecular complexity index is 1370. The molecule has 0 unspecified atom stereocenters. The number of aromatic amines is 1. The molecule has 178 valence electrons. The largest absolute Gasteiger partial charge is 0.508 e. The summed E-state index contributed by atoms with van der Waals surface area (Å²) in [4.78, 5) is 18.9. The van der Waals surface area contributed by atoms with Crippen LogP contribution >= 0.6 is 0 Å². The Hall–Kier alpha value is -3.83. The number of hydrogen-bond donors (Lipinski definition) is 3. The molecule has 3 N–H and O–H groups in total. The number of phenolic OH excluding ortho intramolecular Hbond substituents is 1. The number of rotatable bonds is 7. The molecule has 1 aliphatic heterocycles. The number of carbonyl (C=O) groups is 1. The Labute approximate surface area is 206 Å². The minimum absolute atomic E-state index is 0.0214. The minimum atomic E-state index is -0.0214. The summed E-state index contributed by atoms with van der Waals surface area (Å²) in [6.07, 6.45) is 3.89. The Morgan fingerprint density at radius 1 is 1.09 bits per heavy atom. The van der Waals surface area contributed by atoms with Crippen molar-refractivity contribution in [2.24, 2.45) is 0 Å². The fraction of sp³-hybridized carbons (Fsp3) is 0.233. The lowest BCUT2D eigenvalue weighted by molar-refractivity contribution is 0.0952. The van der Waals surface area contributed by atoms with Gasteiger partial charge in [0.2, 0.25) is 0 Å². The molecule has 4 aromatic rings. The van der Waals surface area contributed by atoms with Crippen molar-refractivity contribution < 1.29 is 9.90 Å². The molecule has 0 spiro atoms. The van der Waals surface area contributed by atoms with Crippen molar-refractivity contribution in [1.82, 2.24) is 15.2 Å². The van der Waals surface area contributed by atoms with Crippen molar-refractivity contribution >= 4 is 22.9 Å². The van der Waals surface area contributed by atoms with Gasteiger partial charge in [-0.25, -0.2) is 0 Å². The molecule has 3 aromatic carbocycles. The van der Waals surface area contributed by atoms with Gasteiger partial charge in [0.05, 0.1) is 0 Å². The Morgan fingerprint density at radius 2 is 1.89 bits per heavy atom. The maximum absolute atomic E-state index is 13.0. The summed E-state index contributed by atoms with van der Waals surface area (Å²) in [6, 6.07) is 23.6. The Balaban J connectivity index is 1.22. The summed E-state index contributed by atoms with van der Waals surface area (Å²) in [5.74, 6) is 0.277. The third kappa shape index (κ3) is 5.31. The highest BCUT2D eigenvalue weighted by Crippen LogP contribution is 2.30. The Morgan fingerprint density at radius 3 is 2.74 bits per heavy atom. The van der Waals surface area contributed by atoms with Crippen LogP contribution in [0.25, 0.3) is 17.0 Å². The molecule has 0 radical (unpaired) electrons. The predicted octanol–water partition coefficient (Wildman–Crippen LogP) is 5.66. The van der Waals surface area contributed by atoms with E-state index in [9.17, 15) is 9.90 Å². The van der Waals surface area contributed by atoms with E-state index >= 15 is 0 Å². The quantitative estimate of drug-likeness (QED) is 0.330. The molecule has 1 aliphatic rings. The van der Waals surface area contributed by atoms with Gasteiger partial charge in [0, 0.05) is 48.3 Å². The van der Waals surface area contributed by atoms with Crippen LogP contribution in [0.1, 0.15) is 46.1 Å². The van der Waals surface area contributed by atoms with E-state index in [2.05, 4.69) is 40.3 Å². The summed E-state index contributed by atoms with van der Waals surface area (Å²) >= 11 is 0. The molecule has 1 amide bonds. The lowest BCUT2D eigenvalue weighted by Crippen LogP contribution is -2.31. The fourth-order valence-corrected chi connectivity index (χ4v) is 4.91.